The molecule has 1 aromatic rings. The van der Waals surface area contributed by atoms with Crippen molar-refractivity contribution in [2.45, 2.75) is 13.5 Å². The minimum absolute atomic E-state index is 0.0764. The number of nitro benzene ring substituents is 1. The Morgan fingerprint density at radius 1 is 1.56 bits per heavy atom. The topological polar surface area (TPSA) is 55.2 Å². The van der Waals surface area contributed by atoms with Crippen molar-refractivity contribution in [1.29, 1.82) is 0 Å². The molecule has 100 valence electrons. The molecule has 0 aliphatic carbocycles. The van der Waals surface area contributed by atoms with Crippen LogP contribution in [0.2, 0.25) is 5.02 Å². The Kier molecular flexibility index (Phi) is 6.46. The predicted molar refractivity (Wildman–Crippen MR) is 77.4 cm³/mol. The van der Waals surface area contributed by atoms with Gasteiger partial charge in [0.1, 0.15) is 0 Å². The molecule has 0 spiro atoms. The molecule has 1 unspecified atom stereocenters. The number of nitro groups is 1. The fraction of sp³-hybridized carbons (Fsp3) is 0.500. The number of hydrogen-bond acceptors (Lipinski definition) is 4. The van der Waals surface area contributed by atoms with Crippen LogP contribution in [0.15, 0.2) is 18.2 Å². The summed E-state index contributed by atoms with van der Waals surface area (Å²) in [5, 5.41) is 14.5. The summed E-state index contributed by atoms with van der Waals surface area (Å²) in [7, 11) is 0. The third kappa shape index (κ3) is 4.84. The Morgan fingerprint density at radius 3 is 2.89 bits per heavy atom. The van der Waals surface area contributed by atoms with E-state index in [1.807, 2.05) is 0 Å². The standard InChI is InChI=1S/C12H17ClN2O2S/c1-9(8-18-2)6-14-7-10-3-4-11(13)5-12(10)15(16)17/h3-5,9,14H,6-8H2,1-2H3. The summed E-state index contributed by atoms with van der Waals surface area (Å²) in [6.07, 6.45) is 2.07. The minimum atomic E-state index is -0.395. The van der Waals surface area contributed by atoms with E-state index in [1.54, 1.807) is 23.9 Å². The second-order valence-corrected chi connectivity index (χ2v) is 5.57. The summed E-state index contributed by atoms with van der Waals surface area (Å²) in [5.41, 5.74) is 0.744. The number of nitrogens with zero attached hydrogens (tertiary/aromatic N) is 1. The number of thioether (sulfide) groups is 1. The highest BCUT2D eigenvalue weighted by molar-refractivity contribution is 7.98. The zero-order chi connectivity index (χ0) is 13.5. The first-order chi connectivity index (χ1) is 8.54. The quantitative estimate of drug-likeness (QED) is 0.617. The van der Waals surface area contributed by atoms with E-state index in [-0.39, 0.29) is 5.69 Å². The second kappa shape index (κ2) is 7.61. The van der Waals surface area contributed by atoms with Gasteiger partial charge in [-0.1, -0.05) is 18.5 Å². The molecule has 0 fully saturated rings. The van der Waals surface area contributed by atoms with Crippen LogP contribution in [0.3, 0.4) is 0 Å². The molecule has 0 saturated carbocycles. The van der Waals surface area contributed by atoms with Crippen molar-refractivity contribution >= 4 is 29.1 Å². The Hall–Kier alpha value is -0.780. The van der Waals surface area contributed by atoms with Crippen molar-refractivity contribution in [3.8, 4) is 0 Å². The van der Waals surface area contributed by atoms with Gasteiger partial charge in [0.15, 0.2) is 0 Å². The Morgan fingerprint density at radius 2 is 2.28 bits per heavy atom. The molecule has 0 aliphatic rings. The van der Waals surface area contributed by atoms with E-state index in [0.717, 1.165) is 12.3 Å². The van der Waals surface area contributed by atoms with Crippen LogP contribution in [0.1, 0.15) is 12.5 Å². The van der Waals surface area contributed by atoms with Crippen molar-refractivity contribution in [3.05, 3.63) is 38.9 Å². The average molecular weight is 289 g/mol. The SMILES string of the molecule is CSCC(C)CNCc1ccc(Cl)cc1[N+](=O)[O-]. The van der Waals surface area contributed by atoms with Gasteiger partial charge >= 0.3 is 0 Å². The number of nitrogens with one attached hydrogen (secondary N) is 1. The largest absolute Gasteiger partial charge is 0.312 e. The molecular weight excluding hydrogens is 272 g/mol. The number of rotatable bonds is 7. The summed E-state index contributed by atoms with van der Waals surface area (Å²) < 4.78 is 0. The van der Waals surface area contributed by atoms with Crippen LogP contribution in [0.4, 0.5) is 5.69 Å². The molecule has 1 aromatic carbocycles. The van der Waals surface area contributed by atoms with Gasteiger partial charge in [-0.2, -0.15) is 11.8 Å². The maximum absolute atomic E-state index is 10.9. The van der Waals surface area contributed by atoms with Gasteiger partial charge in [-0.05, 0) is 36.6 Å². The highest BCUT2D eigenvalue weighted by Crippen LogP contribution is 2.23. The second-order valence-electron chi connectivity index (χ2n) is 4.22. The van der Waals surface area contributed by atoms with Gasteiger partial charge in [-0.15, -0.1) is 0 Å². The Balaban J connectivity index is 2.59. The van der Waals surface area contributed by atoms with Gasteiger partial charge in [0.05, 0.1) is 4.92 Å². The molecule has 0 amide bonds. The lowest BCUT2D eigenvalue weighted by Gasteiger charge is -2.11. The minimum Gasteiger partial charge on any atom is -0.312 e. The molecule has 0 saturated heterocycles. The van der Waals surface area contributed by atoms with Gasteiger partial charge in [0.25, 0.3) is 5.69 Å². The van der Waals surface area contributed by atoms with Crippen molar-refractivity contribution in [3.63, 3.8) is 0 Å². The fourth-order valence-electron chi connectivity index (χ4n) is 1.65. The van der Waals surface area contributed by atoms with Crippen LogP contribution >= 0.6 is 23.4 Å². The lowest BCUT2D eigenvalue weighted by molar-refractivity contribution is -0.385. The summed E-state index contributed by atoms with van der Waals surface area (Å²) in [5.74, 6) is 1.63. The van der Waals surface area contributed by atoms with Crippen molar-refractivity contribution in [2.24, 2.45) is 5.92 Å². The van der Waals surface area contributed by atoms with Gasteiger partial charge in [-0.3, -0.25) is 10.1 Å². The number of halogens is 1. The third-order valence-electron chi connectivity index (χ3n) is 2.50. The van der Waals surface area contributed by atoms with E-state index in [9.17, 15) is 10.1 Å². The van der Waals surface area contributed by atoms with Crippen LogP contribution < -0.4 is 5.32 Å². The summed E-state index contributed by atoms with van der Waals surface area (Å²) in [6, 6.07) is 4.77. The number of benzene rings is 1. The molecule has 0 heterocycles. The lowest BCUT2D eigenvalue weighted by atomic mass is 10.1. The van der Waals surface area contributed by atoms with Crippen LogP contribution in [0.25, 0.3) is 0 Å². The maximum atomic E-state index is 10.9. The average Bonchev–Trinajstić information content (AvgIpc) is 2.31. The van der Waals surface area contributed by atoms with E-state index in [2.05, 4.69) is 18.5 Å². The third-order valence-corrected chi connectivity index (χ3v) is 3.64. The van der Waals surface area contributed by atoms with Gasteiger partial charge in [0.2, 0.25) is 0 Å². The molecule has 1 N–H and O–H groups in total. The van der Waals surface area contributed by atoms with Crippen molar-refractivity contribution < 1.29 is 4.92 Å². The van der Waals surface area contributed by atoms with Gasteiger partial charge in [-0.25, -0.2) is 0 Å². The first kappa shape index (κ1) is 15.3. The van der Waals surface area contributed by atoms with E-state index < -0.39 is 4.92 Å². The smallest absolute Gasteiger partial charge is 0.275 e. The van der Waals surface area contributed by atoms with Crippen molar-refractivity contribution in [2.75, 3.05) is 18.6 Å². The van der Waals surface area contributed by atoms with Gasteiger partial charge in [0, 0.05) is 23.2 Å². The molecule has 0 radical (unpaired) electrons. The highest BCUT2D eigenvalue weighted by Gasteiger charge is 2.13. The molecule has 0 aromatic heterocycles. The number of hydrogen-bond donors (Lipinski definition) is 1. The maximum Gasteiger partial charge on any atom is 0.275 e. The van der Waals surface area contributed by atoms with E-state index in [4.69, 9.17) is 11.6 Å². The molecule has 1 atom stereocenters. The molecule has 0 bridgehead atoms. The van der Waals surface area contributed by atoms with Gasteiger partial charge < -0.3 is 5.32 Å². The Bertz CT molecular complexity index is 415. The Labute approximate surface area is 116 Å². The molecule has 1 rings (SSSR count). The van der Waals surface area contributed by atoms with E-state index in [1.165, 1.54) is 6.07 Å². The monoisotopic (exact) mass is 288 g/mol. The summed E-state index contributed by atoms with van der Waals surface area (Å²) >= 11 is 7.56. The highest BCUT2D eigenvalue weighted by atomic mass is 35.5. The lowest BCUT2D eigenvalue weighted by Crippen LogP contribution is -2.22. The normalized spacial score (nSPS) is 12.4. The molecule has 18 heavy (non-hydrogen) atoms. The zero-order valence-corrected chi connectivity index (χ0v) is 12.1. The fourth-order valence-corrected chi connectivity index (χ4v) is 2.51. The first-order valence-corrected chi connectivity index (χ1v) is 7.44. The van der Waals surface area contributed by atoms with Crippen molar-refractivity contribution in [1.82, 2.24) is 5.32 Å². The molecule has 6 heteroatoms. The molecule has 0 aliphatic heterocycles. The molecular formula is C12H17ClN2O2S. The summed E-state index contributed by atoms with van der Waals surface area (Å²) in [6.45, 7) is 3.49. The van der Waals surface area contributed by atoms with Crippen LogP contribution in [0, 0.1) is 16.0 Å². The molecule has 4 nitrogen and oxygen atoms in total. The van der Waals surface area contributed by atoms with Crippen LogP contribution in [-0.4, -0.2) is 23.5 Å². The van der Waals surface area contributed by atoms with E-state index in [0.29, 0.717) is 23.0 Å². The first-order valence-electron chi connectivity index (χ1n) is 5.67. The van der Waals surface area contributed by atoms with Crippen LogP contribution in [-0.2, 0) is 6.54 Å². The zero-order valence-electron chi connectivity index (χ0n) is 10.5. The summed E-state index contributed by atoms with van der Waals surface area (Å²) in [4.78, 5) is 10.5. The van der Waals surface area contributed by atoms with Crippen LogP contribution in [0.5, 0.6) is 0 Å². The van der Waals surface area contributed by atoms with E-state index >= 15 is 0 Å². The predicted octanol–water partition coefficient (Wildman–Crippen LogP) is 3.34.